The van der Waals surface area contributed by atoms with Crippen LogP contribution in [0, 0.1) is 6.92 Å². The van der Waals surface area contributed by atoms with Crippen LogP contribution >= 0.6 is 0 Å². The molecule has 17 heavy (non-hydrogen) atoms. The number of aryl methyl sites for hydroxylation is 1. The highest BCUT2D eigenvalue weighted by molar-refractivity contribution is 5.62. The zero-order chi connectivity index (χ0) is 12.3. The number of benzene rings is 1. The molecule has 1 heterocycles. The van der Waals surface area contributed by atoms with Crippen LogP contribution in [0.5, 0.6) is 5.75 Å². The van der Waals surface area contributed by atoms with Gasteiger partial charge in [0.15, 0.2) is 5.89 Å². The Bertz CT molecular complexity index is 506. The quantitative estimate of drug-likeness (QED) is 0.877. The van der Waals surface area contributed by atoms with Gasteiger partial charge in [-0.1, -0.05) is 12.1 Å². The van der Waals surface area contributed by atoms with Gasteiger partial charge in [-0.05, 0) is 19.1 Å². The molecule has 0 amide bonds. The second-order valence-electron chi connectivity index (χ2n) is 3.78. The minimum absolute atomic E-state index is 0.539. The van der Waals surface area contributed by atoms with Gasteiger partial charge < -0.3 is 14.9 Å². The summed E-state index contributed by atoms with van der Waals surface area (Å²) in [7, 11) is 1.65. The van der Waals surface area contributed by atoms with Crippen molar-refractivity contribution in [2.45, 2.75) is 13.3 Å². The number of oxazole rings is 1. The third-order valence-electron chi connectivity index (χ3n) is 2.54. The topological polar surface area (TPSA) is 61.3 Å². The van der Waals surface area contributed by atoms with E-state index in [2.05, 4.69) is 4.98 Å². The van der Waals surface area contributed by atoms with Crippen molar-refractivity contribution in [1.82, 2.24) is 4.98 Å². The fourth-order valence-electron chi connectivity index (χ4n) is 1.72. The molecule has 0 bridgehead atoms. The summed E-state index contributed by atoms with van der Waals surface area (Å²) in [5, 5.41) is 0. The smallest absolute Gasteiger partial charge is 0.196 e. The molecule has 0 unspecified atom stereocenters. The number of nitrogens with two attached hydrogens (primary N) is 1. The van der Waals surface area contributed by atoms with E-state index in [0.29, 0.717) is 18.9 Å². The van der Waals surface area contributed by atoms with E-state index in [1.807, 2.05) is 31.2 Å². The first-order chi connectivity index (χ1) is 8.24. The molecule has 0 radical (unpaired) electrons. The molecule has 0 saturated carbocycles. The Labute approximate surface area is 100 Å². The van der Waals surface area contributed by atoms with Crippen LogP contribution in [0.1, 0.15) is 11.7 Å². The van der Waals surface area contributed by atoms with Crippen molar-refractivity contribution in [2.24, 2.45) is 5.73 Å². The molecule has 0 saturated heterocycles. The maximum atomic E-state index is 5.55. The lowest BCUT2D eigenvalue weighted by Gasteiger charge is -2.01. The van der Waals surface area contributed by atoms with E-state index >= 15 is 0 Å². The molecule has 0 aliphatic heterocycles. The number of hydrogen-bond acceptors (Lipinski definition) is 4. The van der Waals surface area contributed by atoms with Crippen molar-refractivity contribution in [3.05, 3.63) is 35.9 Å². The molecule has 2 rings (SSSR count). The minimum Gasteiger partial charge on any atom is -0.497 e. The third kappa shape index (κ3) is 2.47. The SMILES string of the molecule is COc1cccc(-c2nc(CCN)oc2C)c1. The first-order valence-corrected chi connectivity index (χ1v) is 5.55. The van der Waals surface area contributed by atoms with Crippen molar-refractivity contribution in [2.75, 3.05) is 13.7 Å². The van der Waals surface area contributed by atoms with E-state index < -0.39 is 0 Å². The van der Waals surface area contributed by atoms with Crippen molar-refractivity contribution < 1.29 is 9.15 Å². The van der Waals surface area contributed by atoms with E-state index in [0.717, 1.165) is 22.8 Å². The molecule has 0 spiro atoms. The summed E-state index contributed by atoms with van der Waals surface area (Å²) >= 11 is 0. The molecule has 4 heteroatoms. The molecule has 0 aliphatic carbocycles. The van der Waals surface area contributed by atoms with Gasteiger partial charge >= 0.3 is 0 Å². The summed E-state index contributed by atoms with van der Waals surface area (Å²) < 4.78 is 10.7. The molecular weight excluding hydrogens is 216 g/mol. The van der Waals surface area contributed by atoms with Gasteiger partial charge in [-0.3, -0.25) is 0 Å². The normalized spacial score (nSPS) is 10.5. The predicted octanol–water partition coefficient (Wildman–Crippen LogP) is 2.16. The molecule has 0 aliphatic rings. The lowest BCUT2D eigenvalue weighted by molar-refractivity contribution is 0.415. The molecule has 1 aromatic heterocycles. The van der Waals surface area contributed by atoms with Gasteiger partial charge in [0.1, 0.15) is 17.2 Å². The molecule has 0 atom stereocenters. The Morgan fingerprint density at radius 1 is 1.41 bits per heavy atom. The first-order valence-electron chi connectivity index (χ1n) is 5.55. The van der Waals surface area contributed by atoms with Crippen LogP contribution in [-0.2, 0) is 6.42 Å². The van der Waals surface area contributed by atoms with Crippen LogP contribution in [0.3, 0.4) is 0 Å². The number of ether oxygens (including phenoxy) is 1. The Morgan fingerprint density at radius 3 is 2.94 bits per heavy atom. The summed E-state index contributed by atoms with van der Waals surface area (Å²) in [6.07, 6.45) is 0.658. The Morgan fingerprint density at radius 2 is 2.24 bits per heavy atom. The number of rotatable bonds is 4. The number of methoxy groups -OCH3 is 1. The molecule has 0 fully saturated rings. The van der Waals surface area contributed by atoms with Gasteiger partial charge in [0.25, 0.3) is 0 Å². The summed E-state index contributed by atoms with van der Waals surface area (Å²) in [5.74, 6) is 2.30. The van der Waals surface area contributed by atoms with Gasteiger partial charge in [0.05, 0.1) is 7.11 Å². The predicted molar refractivity (Wildman–Crippen MR) is 66.0 cm³/mol. The highest BCUT2D eigenvalue weighted by Crippen LogP contribution is 2.26. The molecule has 2 N–H and O–H groups in total. The molecule has 2 aromatic rings. The zero-order valence-corrected chi connectivity index (χ0v) is 10.1. The van der Waals surface area contributed by atoms with Crippen LogP contribution in [0.15, 0.2) is 28.7 Å². The maximum absolute atomic E-state index is 5.55. The Kier molecular flexibility index (Phi) is 3.44. The number of nitrogens with zero attached hydrogens (tertiary/aromatic N) is 1. The number of hydrogen-bond donors (Lipinski definition) is 1. The van der Waals surface area contributed by atoms with Gasteiger partial charge in [0, 0.05) is 18.5 Å². The Hall–Kier alpha value is -1.81. The van der Waals surface area contributed by atoms with Gasteiger partial charge in [0.2, 0.25) is 0 Å². The standard InChI is InChI=1S/C13H16N2O2/c1-9-13(15-12(17-9)6-7-14)10-4-3-5-11(8-10)16-2/h3-5,8H,6-7,14H2,1-2H3. The van der Waals surface area contributed by atoms with Crippen molar-refractivity contribution in [3.8, 4) is 17.0 Å². The summed E-state index contributed by atoms with van der Waals surface area (Å²) in [4.78, 5) is 4.44. The van der Waals surface area contributed by atoms with Crippen LogP contribution in [-0.4, -0.2) is 18.6 Å². The van der Waals surface area contributed by atoms with Gasteiger partial charge in [-0.25, -0.2) is 4.98 Å². The summed E-state index contributed by atoms with van der Waals surface area (Å²) in [6.45, 7) is 2.44. The molecule has 1 aromatic carbocycles. The van der Waals surface area contributed by atoms with Gasteiger partial charge in [-0.15, -0.1) is 0 Å². The average molecular weight is 232 g/mol. The van der Waals surface area contributed by atoms with Crippen molar-refractivity contribution in [3.63, 3.8) is 0 Å². The monoisotopic (exact) mass is 232 g/mol. The Balaban J connectivity index is 2.37. The fraction of sp³-hybridized carbons (Fsp3) is 0.308. The average Bonchev–Trinajstić information content (AvgIpc) is 2.71. The van der Waals surface area contributed by atoms with Crippen molar-refractivity contribution >= 4 is 0 Å². The van der Waals surface area contributed by atoms with E-state index in [-0.39, 0.29) is 0 Å². The van der Waals surface area contributed by atoms with Crippen LogP contribution in [0.2, 0.25) is 0 Å². The molecular formula is C13H16N2O2. The zero-order valence-electron chi connectivity index (χ0n) is 10.1. The van der Waals surface area contributed by atoms with E-state index in [4.69, 9.17) is 14.9 Å². The second-order valence-corrected chi connectivity index (χ2v) is 3.78. The minimum atomic E-state index is 0.539. The lowest BCUT2D eigenvalue weighted by Crippen LogP contribution is -2.02. The van der Waals surface area contributed by atoms with Gasteiger partial charge in [-0.2, -0.15) is 0 Å². The number of aromatic nitrogens is 1. The summed E-state index contributed by atoms with van der Waals surface area (Å²) in [5.41, 5.74) is 7.33. The van der Waals surface area contributed by atoms with E-state index in [1.165, 1.54) is 0 Å². The van der Waals surface area contributed by atoms with Crippen LogP contribution < -0.4 is 10.5 Å². The highest BCUT2D eigenvalue weighted by atomic mass is 16.5. The second kappa shape index (κ2) is 5.01. The first kappa shape index (κ1) is 11.7. The van der Waals surface area contributed by atoms with Crippen LogP contribution in [0.4, 0.5) is 0 Å². The summed E-state index contributed by atoms with van der Waals surface area (Å²) in [6, 6.07) is 7.77. The maximum Gasteiger partial charge on any atom is 0.196 e. The lowest BCUT2D eigenvalue weighted by atomic mass is 10.1. The fourth-order valence-corrected chi connectivity index (χ4v) is 1.72. The molecule has 90 valence electrons. The van der Waals surface area contributed by atoms with E-state index in [9.17, 15) is 0 Å². The molecule has 4 nitrogen and oxygen atoms in total. The highest BCUT2D eigenvalue weighted by Gasteiger charge is 2.11. The largest absolute Gasteiger partial charge is 0.497 e. The van der Waals surface area contributed by atoms with E-state index in [1.54, 1.807) is 7.11 Å². The third-order valence-corrected chi connectivity index (χ3v) is 2.54. The van der Waals surface area contributed by atoms with Crippen molar-refractivity contribution in [1.29, 1.82) is 0 Å². The van der Waals surface area contributed by atoms with Crippen LogP contribution in [0.25, 0.3) is 11.3 Å².